The number of ketones is 1. The van der Waals surface area contributed by atoms with Gasteiger partial charge in [0, 0.05) is 12.0 Å². The van der Waals surface area contributed by atoms with E-state index in [9.17, 15) is 26.7 Å². The van der Waals surface area contributed by atoms with Gasteiger partial charge in [0.05, 0.1) is 5.56 Å². The fraction of sp³-hybridized carbons (Fsp3) is 0.133. The van der Waals surface area contributed by atoms with Crippen molar-refractivity contribution in [2.24, 2.45) is 0 Å². The van der Waals surface area contributed by atoms with E-state index in [0.717, 1.165) is 12.1 Å². The molecule has 0 saturated carbocycles. The van der Waals surface area contributed by atoms with Gasteiger partial charge in [-0.3, -0.25) is 4.79 Å². The van der Waals surface area contributed by atoms with Gasteiger partial charge in [-0.1, -0.05) is 18.2 Å². The maximum atomic E-state index is 13.4. The van der Waals surface area contributed by atoms with Gasteiger partial charge >= 0.3 is 6.18 Å². The maximum absolute atomic E-state index is 13.4. The average molecular weight is 300 g/mol. The van der Waals surface area contributed by atoms with Crippen molar-refractivity contribution in [1.82, 2.24) is 0 Å². The highest BCUT2D eigenvalue weighted by Gasteiger charge is 2.34. The summed E-state index contributed by atoms with van der Waals surface area (Å²) in [4.78, 5) is 11.9. The summed E-state index contributed by atoms with van der Waals surface area (Å²) in [5.41, 5.74) is -1.76. The number of rotatable bonds is 3. The highest BCUT2D eigenvalue weighted by atomic mass is 19.4. The second kappa shape index (κ2) is 5.63. The molecule has 0 amide bonds. The molecule has 0 atom stereocenters. The predicted octanol–water partition coefficient (Wildman–Crippen LogP) is 4.41. The third-order valence-corrected chi connectivity index (χ3v) is 2.90. The molecule has 0 radical (unpaired) electrons. The summed E-state index contributed by atoms with van der Waals surface area (Å²) in [6.07, 6.45) is -5.28. The number of carbonyl (C=O) groups is 1. The van der Waals surface area contributed by atoms with Crippen LogP contribution in [0.15, 0.2) is 42.5 Å². The van der Waals surface area contributed by atoms with Crippen molar-refractivity contribution in [2.45, 2.75) is 12.6 Å². The molecule has 0 saturated heterocycles. The minimum absolute atomic E-state index is 0.0698. The Morgan fingerprint density at radius 2 is 1.62 bits per heavy atom. The van der Waals surface area contributed by atoms with Crippen LogP contribution in [-0.2, 0) is 12.6 Å². The third kappa shape index (κ3) is 3.45. The molecule has 2 aromatic rings. The number of hydrogen-bond donors (Lipinski definition) is 0. The molecule has 0 unspecified atom stereocenters. The van der Waals surface area contributed by atoms with Crippen LogP contribution in [0, 0.1) is 11.6 Å². The maximum Gasteiger partial charge on any atom is 0.419 e. The zero-order valence-electron chi connectivity index (χ0n) is 10.5. The second-order valence-electron chi connectivity index (χ2n) is 4.38. The minimum atomic E-state index is -4.89. The van der Waals surface area contributed by atoms with E-state index in [-0.39, 0.29) is 11.1 Å². The molecule has 2 rings (SSSR count). The zero-order valence-corrected chi connectivity index (χ0v) is 10.5. The molecule has 0 heterocycles. The Labute approximate surface area is 117 Å². The summed E-state index contributed by atoms with van der Waals surface area (Å²) in [7, 11) is 0. The molecule has 2 aromatic carbocycles. The lowest BCUT2D eigenvalue weighted by Crippen LogP contribution is -2.12. The Balaban J connectivity index is 2.31. The Morgan fingerprint density at radius 3 is 2.24 bits per heavy atom. The zero-order chi connectivity index (χ0) is 15.6. The quantitative estimate of drug-likeness (QED) is 0.606. The third-order valence-electron chi connectivity index (χ3n) is 2.90. The standard InChI is InChI=1S/C15H9F5O/c16-12-4-2-1-3-9(12)8-14(21)10-5-6-13(17)11(7-10)15(18,19)20/h1-7H,8H2. The lowest BCUT2D eigenvalue weighted by Gasteiger charge is -2.10. The summed E-state index contributed by atoms with van der Waals surface area (Å²) in [6.45, 7) is 0. The summed E-state index contributed by atoms with van der Waals surface area (Å²) in [5.74, 6) is -2.79. The van der Waals surface area contributed by atoms with Crippen LogP contribution in [-0.4, -0.2) is 5.78 Å². The van der Waals surface area contributed by atoms with Crippen LogP contribution in [0.1, 0.15) is 21.5 Å². The summed E-state index contributed by atoms with van der Waals surface area (Å²) in [6, 6.07) is 7.43. The number of halogens is 5. The normalized spacial score (nSPS) is 11.5. The smallest absolute Gasteiger partial charge is 0.294 e. The summed E-state index contributed by atoms with van der Waals surface area (Å²) < 4.78 is 64.3. The van der Waals surface area contributed by atoms with E-state index in [1.807, 2.05) is 0 Å². The van der Waals surface area contributed by atoms with E-state index in [0.29, 0.717) is 12.1 Å². The van der Waals surface area contributed by atoms with Crippen molar-refractivity contribution in [3.05, 3.63) is 70.8 Å². The molecule has 110 valence electrons. The van der Waals surface area contributed by atoms with Gasteiger partial charge in [-0.05, 0) is 29.8 Å². The van der Waals surface area contributed by atoms with Gasteiger partial charge in [0.1, 0.15) is 11.6 Å². The molecular weight excluding hydrogens is 291 g/mol. The Kier molecular flexibility index (Phi) is 4.06. The Hall–Kier alpha value is -2.24. The van der Waals surface area contributed by atoms with Crippen LogP contribution in [0.5, 0.6) is 0 Å². The molecule has 0 fully saturated rings. The fourth-order valence-electron chi connectivity index (χ4n) is 1.83. The molecule has 0 bridgehead atoms. The van der Waals surface area contributed by atoms with Crippen molar-refractivity contribution in [1.29, 1.82) is 0 Å². The van der Waals surface area contributed by atoms with Crippen LogP contribution in [0.25, 0.3) is 0 Å². The van der Waals surface area contributed by atoms with Crippen molar-refractivity contribution < 1.29 is 26.7 Å². The topological polar surface area (TPSA) is 17.1 Å². The van der Waals surface area contributed by atoms with Gasteiger partial charge in [0.2, 0.25) is 0 Å². The van der Waals surface area contributed by atoms with Crippen LogP contribution in [0.4, 0.5) is 22.0 Å². The van der Waals surface area contributed by atoms with Gasteiger partial charge in [-0.15, -0.1) is 0 Å². The van der Waals surface area contributed by atoms with Crippen LogP contribution < -0.4 is 0 Å². The molecule has 0 aliphatic heterocycles. The second-order valence-corrected chi connectivity index (χ2v) is 4.38. The fourth-order valence-corrected chi connectivity index (χ4v) is 1.83. The molecule has 6 heteroatoms. The van der Waals surface area contributed by atoms with Gasteiger partial charge in [0.25, 0.3) is 0 Å². The molecule has 0 N–H and O–H groups in total. The van der Waals surface area contributed by atoms with Gasteiger partial charge in [0.15, 0.2) is 5.78 Å². The molecule has 1 nitrogen and oxygen atoms in total. The first-order valence-corrected chi connectivity index (χ1v) is 5.92. The molecule has 21 heavy (non-hydrogen) atoms. The first-order chi connectivity index (χ1) is 9.79. The summed E-state index contributed by atoms with van der Waals surface area (Å²) in [5, 5.41) is 0. The average Bonchev–Trinajstić information content (AvgIpc) is 2.40. The number of benzene rings is 2. The SMILES string of the molecule is O=C(Cc1ccccc1F)c1ccc(F)c(C(F)(F)F)c1. The highest BCUT2D eigenvalue weighted by Crippen LogP contribution is 2.32. The highest BCUT2D eigenvalue weighted by molar-refractivity contribution is 5.97. The van der Waals surface area contributed by atoms with Crippen molar-refractivity contribution in [2.75, 3.05) is 0 Å². The largest absolute Gasteiger partial charge is 0.419 e. The molecule has 0 aliphatic carbocycles. The Bertz CT molecular complexity index is 676. The van der Waals surface area contributed by atoms with E-state index in [4.69, 9.17) is 0 Å². The van der Waals surface area contributed by atoms with Gasteiger partial charge in [-0.25, -0.2) is 8.78 Å². The van der Waals surface area contributed by atoms with E-state index >= 15 is 0 Å². The van der Waals surface area contributed by atoms with Crippen LogP contribution in [0.2, 0.25) is 0 Å². The lowest BCUT2D eigenvalue weighted by molar-refractivity contribution is -0.140. The van der Waals surface area contributed by atoms with Gasteiger partial charge < -0.3 is 0 Å². The van der Waals surface area contributed by atoms with Crippen LogP contribution >= 0.6 is 0 Å². The monoisotopic (exact) mass is 300 g/mol. The van der Waals surface area contributed by atoms with Gasteiger partial charge in [-0.2, -0.15) is 13.2 Å². The lowest BCUT2D eigenvalue weighted by atomic mass is 10.0. The van der Waals surface area contributed by atoms with Crippen molar-refractivity contribution in [3.8, 4) is 0 Å². The minimum Gasteiger partial charge on any atom is -0.294 e. The molecule has 0 aliphatic rings. The van der Waals surface area contributed by atoms with Crippen molar-refractivity contribution >= 4 is 5.78 Å². The number of Topliss-reactive ketones (excluding diaryl/α,β-unsaturated/α-hetero) is 1. The van der Waals surface area contributed by atoms with E-state index < -0.39 is 35.6 Å². The van der Waals surface area contributed by atoms with E-state index in [1.54, 1.807) is 0 Å². The molecular formula is C15H9F5O. The van der Waals surface area contributed by atoms with E-state index in [2.05, 4.69) is 0 Å². The Morgan fingerprint density at radius 1 is 0.952 bits per heavy atom. The summed E-state index contributed by atoms with van der Waals surface area (Å²) >= 11 is 0. The number of alkyl halides is 3. The first-order valence-electron chi connectivity index (χ1n) is 5.92. The number of hydrogen-bond acceptors (Lipinski definition) is 1. The predicted molar refractivity (Wildman–Crippen MR) is 65.8 cm³/mol. The molecule has 0 aromatic heterocycles. The van der Waals surface area contributed by atoms with Crippen molar-refractivity contribution in [3.63, 3.8) is 0 Å². The number of carbonyl (C=O) groups excluding carboxylic acids is 1. The van der Waals surface area contributed by atoms with Crippen LogP contribution in [0.3, 0.4) is 0 Å². The van der Waals surface area contributed by atoms with E-state index in [1.165, 1.54) is 18.2 Å². The first kappa shape index (κ1) is 15.2. The molecule has 0 spiro atoms.